The van der Waals surface area contributed by atoms with E-state index in [1.807, 2.05) is 0 Å². The summed E-state index contributed by atoms with van der Waals surface area (Å²) in [4.78, 5) is 15.2. The largest absolute Gasteiger partial charge is 0.487 e. The van der Waals surface area contributed by atoms with Gasteiger partial charge in [0.2, 0.25) is 0 Å². The third kappa shape index (κ3) is 3.96. The molecule has 29 heavy (non-hydrogen) atoms. The smallest absolute Gasteiger partial charge is 0.417 e. The van der Waals surface area contributed by atoms with Crippen molar-refractivity contribution in [3.05, 3.63) is 76.7 Å². The molecule has 2 aromatic carbocycles. The first-order valence-corrected chi connectivity index (χ1v) is 8.99. The van der Waals surface area contributed by atoms with E-state index in [0.29, 0.717) is 17.9 Å². The van der Waals surface area contributed by atoms with Crippen LogP contribution in [0, 0.1) is 0 Å². The van der Waals surface area contributed by atoms with Gasteiger partial charge in [0, 0.05) is 12.3 Å². The van der Waals surface area contributed by atoms with E-state index in [9.17, 15) is 18.0 Å². The van der Waals surface area contributed by atoms with Crippen LogP contribution < -0.4 is 15.0 Å². The van der Waals surface area contributed by atoms with Gasteiger partial charge in [0.25, 0.3) is 11.6 Å². The normalized spacial score (nSPS) is 16.8. The lowest BCUT2D eigenvalue weighted by Gasteiger charge is -2.20. The number of aromatic nitrogens is 2. The molecule has 0 unspecified atom stereocenters. The molecule has 0 aliphatic carbocycles. The summed E-state index contributed by atoms with van der Waals surface area (Å²) in [6.45, 7) is 2.26. The van der Waals surface area contributed by atoms with Crippen molar-refractivity contribution in [3.8, 4) is 22.9 Å². The first-order valence-electron chi connectivity index (χ1n) is 8.99. The highest BCUT2D eigenvalue weighted by Crippen LogP contribution is 2.37. The lowest BCUT2D eigenvalue weighted by atomic mass is 9.99. The molecule has 0 N–H and O–H groups in total. The third-order valence-corrected chi connectivity index (χ3v) is 4.71. The summed E-state index contributed by atoms with van der Waals surface area (Å²) in [6, 6.07) is 13.5. The van der Waals surface area contributed by atoms with Gasteiger partial charge in [-0.15, -0.1) is 0 Å². The van der Waals surface area contributed by atoms with Gasteiger partial charge in [0.1, 0.15) is 11.9 Å². The zero-order valence-corrected chi connectivity index (χ0v) is 15.4. The molecular weight excluding hydrogens is 385 g/mol. The Kier molecular flexibility index (Phi) is 4.77. The van der Waals surface area contributed by atoms with Crippen molar-refractivity contribution in [1.29, 1.82) is 0 Å². The van der Waals surface area contributed by atoms with E-state index >= 15 is 0 Å². The molecule has 4 rings (SSSR count). The molecular formula is C21H17F3N2O3. The average Bonchev–Trinajstić information content (AvgIpc) is 3.11. The van der Waals surface area contributed by atoms with Gasteiger partial charge in [0.15, 0.2) is 6.10 Å². The van der Waals surface area contributed by atoms with Crippen LogP contribution in [0.15, 0.2) is 65.6 Å². The molecule has 2 atom stereocenters. The number of hydrogen-bond donors (Lipinski definition) is 0. The van der Waals surface area contributed by atoms with Gasteiger partial charge in [-0.25, -0.2) is 0 Å². The van der Waals surface area contributed by atoms with Crippen LogP contribution in [0.5, 0.6) is 11.8 Å². The summed E-state index contributed by atoms with van der Waals surface area (Å²) in [5.74, 6) is 0.425. The highest BCUT2D eigenvalue weighted by molar-refractivity contribution is 5.69. The number of rotatable bonds is 4. The lowest BCUT2D eigenvalue weighted by molar-refractivity contribution is -0.137. The summed E-state index contributed by atoms with van der Waals surface area (Å²) in [6.07, 6.45) is -3.64. The zero-order valence-electron chi connectivity index (χ0n) is 15.4. The molecule has 0 bridgehead atoms. The molecule has 1 aliphatic heterocycles. The van der Waals surface area contributed by atoms with Gasteiger partial charge in [-0.1, -0.05) is 30.3 Å². The minimum absolute atomic E-state index is 0.0883. The molecule has 0 amide bonds. The number of nitrogens with zero attached hydrogens (tertiary/aromatic N) is 2. The lowest BCUT2D eigenvalue weighted by Crippen LogP contribution is -2.33. The molecule has 0 fully saturated rings. The summed E-state index contributed by atoms with van der Waals surface area (Å²) >= 11 is 0. The van der Waals surface area contributed by atoms with Crippen LogP contribution in [0.4, 0.5) is 13.2 Å². The number of benzene rings is 2. The number of ether oxygens (including phenoxy) is 2. The fraction of sp³-hybridized carbons (Fsp3) is 0.238. The van der Waals surface area contributed by atoms with Gasteiger partial charge in [-0.2, -0.15) is 18.2 Å². The molecule has 0 spiro atoms. The van der Waals surface area contributed by atoms with E-state index in [1.54, 1.807) is 48.0 Å². The summed E-state index contributed by atoms with van der Waals surface area (Å²) in [5, 5.41) is 0. The molecule has 2 heterocycles. The quantitative estimate of drug-likeness (QED) is 0.658. The number of hydrogen-bond acceptors (Lipinski definition) is 4. The molecule has 0 radical (unpaired) electrons. The summed E-state index contributed by atoms with van der Waals surface area (Å²) in [5.41, 5.74) is -0.590. The first kappa shape index (κ1) is 19.0. The highest BCUT2D eigenvalue weighted by atomic mass is 19.4. The fourth-order valence-corrected chi connectivity index (χ4v) is 3.27. The fourth-order valence-electron chi connectivity index (χ4n) is 3.27. The zero-order chi connectivity index (χ0) is 20.6. The number of fused-ring (bicyclic) bond motifs is 1. The average molecular weight is 402 g/mol. The monoisotopic (exact) mass is 402 g/mol. The van der Waals surface area contributed by atoms with E-state index in [1.165, 1.54) is 18.2 Å². The van der Waals surface area contributed by atoms with Crippen LogP contribution in [0.3, 0.4) is 0 Å². The van der Waals surface area contributed by atoms with Crippen LogP contribution in [0.25, 0.3) is 11.1 Å². The molecule has 1 aliphatic rings. The van der Waals surface area contributed by atoms with Crippen molar-refractivity contribution < 1.29 is 22.6 Å². The molecule has 5 nitrogen and oxygen atoms in total. The highest BCUT2D eigenvalue weighted by Gasteiger charge is 2.33. The second-order valence-electron chi connectivity index (χ2n) is 6.75. The van der Waals surface area contributed by atoms with Crippen molar-refractivity contribution in [2.45, 2.75) is 31.9 Å². The molecule has 3 aromatic rings. The van der Waals surface area contributed by atoms with E-state index in [2.05, 4.69) is 4.98 Å². The first-order chi connectivity index (χ1) is 13.8. The second kappa shape index (κ2) is 7.27. The molecule has 0 saturated heterocycles. The van der Waals surface area contributed by atoms with E-state index in [4.69, 9.17) is 9.47 Å². The molecule has 150 valence electrons. The Bertz CT molecular complexity index is 1090. The Morgan fingerprint density at radius 3 is 2.76 bits per heavy atom. The van der Waals surface area contributed by atoms with Crippen molar-refractivity contribution in [2.24, 2.45) is 0 Å². The Labute approximate surface area is 164 Å². The van der Waals surface area contributed by atoms with Gasteiger partial charge in [0.05, 0.1) is 12.1 Å². The Morgan fingerprint density at radius 2 is 1.97 bits per heavy atom. The minimum atomic E-state index is -4.45. The second-order valence-corrected chi connectivity index (χ2v) is 6.75. The maximum Gasteiger partial charge on any atom is 0.417 e. The molecule has 0 saturated carbocycles. The maximum absolute atomic E-state index is 13.3. The number of halogens is 3. The van der Waals surface area contributed by atoms with E-state index in [0.717, 1.165) is 6.07 Å². The van der Waals surface area contributed by atoms with Crippen LogP contribution in [0.1, 0.15) is 12.5 Å². The predicted octanol–water partition coefficient (Wildman–Crippen LogP) is 4.16. The Hall–Kier alpha value is -3.29. The van der Waals surface area contributed by atoms with Crippen molar-refractivity contribution in [1.82, 2.24) is 9.55 Å². The van der Waals surface area contributed by atoms with Crippen LogP contribution in [0.2, 0.25) is 0 Å². The minimum Gasteiger partial charge on any atom is -0.487 e. The van der Waals surface area contributed by atoms with Crippen LogP contribution in [-0.2, 0) is 12.7 Å². The molecule has 1 aromatic heterocycles. The van der Waals surface area contributed by atoms with E-state index < -0.39 is 17.8 Å². The Balaban J connectivity index is 1.54. The van der Waals surface area contributed by atoms with Crippen molar-refractivity contribution >= 4 is 0 Å². The predicted molar refractivity (Wildman–Crippen MR) is 99.9 cm³/mol. The van der Waals surface area contributed by atoms with Crippen molar-refractivity contribution in [3.63, 3.8) is 0 Å². The van der Waals surface area contributed by atoms with Crippen LogP contribution in [-0.4, -0.2) is 21.8 Å². The maximum atomic E-state index is 13.3. The van der Waals surface area contributed by atoms with Gasteiger partial charge >= 0.3 is 6.18 Å². The van der Waals surface area contributed by atoms with Crippen LogP contribution >= 0.6 is 0 Å². The van der Waals surface area contributed by atoms with Crippen molar-refractivity contribution in [2.75, 3.05) is 0 Å². The number of alkyl halides is 3. The third-order valence-electron chi connectivity index (χ3n) is 4.71. The summed E-state index contributed by atoms with van der Waals surface area (Å²) < 4.78 is 53.3. The Morgan fingerprint density at radius 1 is 1.17 bits per heavy atom. The SMILES string of the molecule is C[C@@H](Oc1cccc(-c2ccccc2C(F)(F)F)c1)[C@@H]1Cn2ccc(=O)nc2O1. The van der Waals surface area contributed by atoms with Gasteiger partial charge in [-0.05, 0) is 36.2 Å². The topological polar surface area (TPSA) is 53.4 Å². The summed E-state index contributed by atoms with van der Waals surface area (Å²) in [7, 11) is 0. The van der Waals surface area contributed by atoms with E-state index in [-0.39, 0.29) is 23.2 Å². The van der Waals surface area contributed by atoms with Gasteiger partial charge in [-0.3, -0.25) is 9.36 Å². The molecule has 8 heteroatoms. The van der Waals surface area contributed by atoms with Gasteiger partial charge < -0.3 is 9.47 Å². The standard InChI is InChI=1S/C21H17F3N2O3/c1-13(18-12-26-10-9-19(27)25-20(26)29-18)28-15-6-4-5-14(11-15)16-7-2-3-8-17(16)21(22,23)24/h2-11,13,18H,12H2,1H3/t13-,18+/m1/s1.